The highest BCUT2D eigenvalue weighted by Crippen LogP contribution is 1.64. The molecule has 0 bridgehead atoms. The molecule has 0 aliphatic heterocycles. The van der Waals surface area contributed by atoms with Crippen molar-refractivity contribution in [3.63, 3.8) is 0 Å². The zero-order valence-electron chi connectivity index (χ0n) is 4.27. The zero-order chi connectivity index (χ0) is 7.28. The normalized spacial score (nSPS) is 7.56. The van der Waals surface area contributed by atoms with Crippen molar-refractivity contribution in [3.8, 4) is 0 Å². The van der Waals surface area contributed by atoms with Gasteiger partial charge in [0, 0.05) is 0 Å². The average molecular weight is 148 g/mol. The van der Waals surface area contributed by atoms with Crippen LogP contribution in [0.5, 0.6) is 0 Å². The molecule has 0 atom stereocenters. The fourth-order valence-electron chi connectivity index (χ4n) is 0.150. The second-order valence-corrected chi connectivity index (χ2v) is 1.79. The monoisotopic (exact) mass is 148 g/mol. The minimum atomic E-state index is -1.14. The van der Waals surface area contributed by atoms with Gasteiger partial charge in [-0.1, -0.05) is 0 Å². The fraction of sp³-hybridized carbons (Fsp3) is 0. The first kappa shape index (κ1) is 7.90. The topological polar surface area (TPSA) is 74.6 Å². The van der Waals surface area contributed by atoms with Crippen LogP contribution in [0.4, 0.5) is 0 Å². The summed E-state index contributed by atoms with van der Waals surface area (Å²) in [6.45, 7) is 0. The van der Waals surface area contributed by atoms with E-state index in [1.807, 2.05) is 0 Å². The van der Waals surface area contributed by atoms with Gasteiger partial charge in [0.25, 0.3) is 0 Å². The van der Waals surface area contributed by atoms with E-state index in [0.29, 0.717) is 10.9 Å². The van der Waals surface area contributed by atoms with Gasteiger partial charge in [-0.05, 0) is 0 Å². The van der Waals surface area contributed by atoms with Crippen LogP contribution in [-0.4, -0.2) is 32.9 Å². The molecule has 0 aliphatic rings. The maximum Gasteiger partial charge on any atom is 0.338 e. The number of carboxylic acid groups (broad SMARTS) is 2. The molecule has 2 N–H and O–H groups in total. The van der Waals surface area contributed by atoms with Crippen LogP contribution in [0.15, 0.2) is 0 Å². The molecular weight excluding hydrogens is 144 g/mol. The lowest BCUT2D eigenvalue weighted by Crippen LogP contribution is -1.94. The van der Waals surface area contributed by atoms with Crippen LogP contribution in [0.1, 0.15) is 0 Å². The molecule has 9 heavy (non-hydrogen) atoms. The predicted molar refractivity (Wildman–Crippen MR) is 35.0 cm³/mol. The van der Waals surface area contributed by atoms with E-state index in [2.05, 4.69) is 0 Å². The van der Waals surface area contributed by atoms with Crippen LogP contribution in [-0.2, 0) is 9.59 Å². The molecule has 0 radical (unpaired) electrons. The second kappa shape index (κ2) is 3.85. The lowest BCUT2D eigenvalue weighted by molar-refractivity contribution is -0.129. The van der Waals surface area contributed by atoms with E-state index in [1.54, 1.807) is 0 Å². The zero-order valence-corrected chi connectivity index (χ0v) is 5.09. The summed E-state index contributed by atoms with van der Waals surface area (Å²) >= 11 is 0. The maximum atomic E-state index is 9.69. The van der Waals surface area contributed by atoms with Crippen molar-refractivity contribution in [1.29, 1.82) is 0 Å². The van der Waals surface area contributed by atoms with E-state index in [0.717, 1.165) is 10.7 Å². The molecule has 0 amide bonds. The molecular formula is C4H4O4S. The number of hydrogen-bond acceptors (Lipinski definition) is 2. The first-order valence-electron chi connectivity index (χ1n) is 1.90. The van der Waals surface area contributed by atoms with Crippen molar-refractivity contribution in [2.24, 2.45) is 0 Å². The molecule has 0 rings (SSSR count). The molecule has 50 valence electrons. The lowest BCUT2D eigenvalue weighted by Gasteiger charge is -1.70. The van der Waals surface area contributed by atoms with Gasteiger partial charge in [-0.3, -0.25) is 0 Å². The second-order valence-electron chi connectivity index (χ2n) is 1.05. The smallest absolute Gasteiger partial charge is 0.338 e. The molecule has 0 aromatic carbocycles. The Labute approximate surface area is 54.3 Å². The van der Waals surface area contributed by atoms with Crippen molar-refractivity contribution in [2.75, 3.05) is 0 Å². The van der Waals surface area contributed by atoms with Crippen molar-refractivity contribution in [2.45, 2.75) is 0 Å². The highest BCUT2D eigenvalue weighted by Gasteiger charge is 1.83. The van der Waals surface area contributed by atoms with Gasteiger partial charge in [-0.2, -0.15) is 0 Å². The van der Waals surface area contributed by atoms with Crippen molar-refractivity contribution in [1.82, 2.24) is 0 Å². The summed E-state index contributed by atoms with van der Waals surface area (Å²) in [7, 11) is 0.620. The van der Waals surface area contributed by atoms with E-state index in [9.17, 15) is 9.59 Å². The van der Waals surface area contributed by atoms with Gasteiger partial charge >= 0.3 is 11.9 Å². The summed E-state index contributed by atoms with van der Waals surface area (Å²) in [6, 6.07) is 0. The highest BCUT2D eigenvalue weighted by molar-refractivity contribution is 7.98. The van der Waals surface area contributed by atoms with Crippen molar-refractivity contribution >= 4 is 33.6 Å². The minimum absolute atomic E-state index is 0.620. The first-order valence-corrected chi connectivity index (χ1v) is 2.85. The molecule has 5 heteroatoms. The number of rotatable bonds is 2. The van der Waals surface area contributed by atoms with Crippen LogP contribution in [0.25, 0.3) is 0 Å². The highest BCUT2D eigenvalue weighted by atomic mass is 32.1. The largest absolute Gasteiger partial charge is 0.477 e. The predicted octanol–water partition coefficient (Wildman–Crippen LogP) is -0.507. The van der Waals surface area contributed by atoms with Gasteiger partial charge in [-0.15, -0.1) is 10.9 Å². The minimum Gasteiger partial charge on any atom is -0.477 e. The summed E-state index contributed by atoms with van der Waals surface area (Å²) in [4.78, 5) is 19.4. The van der Waals surface area contributed by atoms with Crippen LogP contribution in [0.2, 0.25) is 0 Å². The Bertz CT molecular complexity index is 171. The van der Waals surface area contributed by atoms with Crippen LogP contribution >= 0.6 is 10.9 Å². The Hall–Kier alpha value is -1.10. The van der Waals surface area contributed by atoms with E-state index < -0.39 is 11.9 Å². The first-order chi connectivity index (χ1) is 4.13. The maximum absolute atomic E-state index is 9.69. The number of aliphatic carboxylic acids is 2. The molecule has 0 unspecified atom stereocenters. The molecule has 0 saturated carbocycles. The summed E-state index contributed by atoms with van der Waals surface area (Å²) in [6.07, 6.45) is 0. The van der Waals surface area contributed by atoms with Crippen LogP contribution < -0.4 is 0 Å². The summed E-state index contributed by atoms with van der Waals surface area (Å²) in [5, 5.41) is 17.4. The molecule has 0 aliphatic carbocycles. The van der Waals surface area contributed by atoms with Crippen LogP contribution in [0.3, 0.4) is 0 Å². The van der Waals surface area contributed by atoms with E-state index in [1.165, 1.54) is 0 Å². The van der Waals surface area contributed by atoms with Crippen LogP contribution in [0, 0.1) is 0 Å². The molecule has 4 nitrogen and oxygen atoms in total. The summed E-state index contributed by atoms with van der Waals surface area (Å²) in [5.41, 5.74) is 0. The number of carbonyl (C=O) groups is 2. The van der Waals surface area contributed by atoms with Crippen molar-refractivity contribution in [3.05, 3.63) is 0 Å². The molecule has 0 saturated heterocycles. The number of carboxylic acids is 2. The summed E-state index contributed by atoms with van der Waals surface area (Å²) < 4.78 is 0. The van der Waals surface area contributed by atoms with Gasteiger partial charge in [0.15, 0.2) is 0 Å². The lowest BCUT2D eigenvalue weighted by atomic mass is 10.8. The molecule has 0 heterocycles. The van der Waals surface area contributed by atoms with E-state index in [4.69, 9.17) is 10.2 Å². The molecule has 0 spiro atoms. The standard InChI is InChI=1S/C4H4O4S/c5-3(6)1-9-2-4(7)8/h1-2H,(H,5,6)(H,7,8). The van der Waals surface area contributed by atoms with Gasteiger partial charge in [0.2, 0.25) is 0 Å². The Morgan fingerprint density at radius 3 is 1.67 bits per heavy atom. The van der Waals surface area contributed by atoms with Gasteiger partial charge < -0.3 is 10.2 Å². The Morgan fingerprint density at radius 1 is 1.11 bits per heavy atom. The van der Waals surface area contributed by atoms with E-state index >= 15 is 0 Å². The third-order valence-electron chi connectivity index (χ3n) is 0.338. The fourth-order valence-corrected chi connectivity index (χ4v) is 0.451. The molecule has 0 fully saturated rings. The third-order valence-corrected chi connectivity index (χ3v) is 1.01. The Kier molecular flexibility index (Phi) is 3.38. The van der Waals surface area contributed by atoms with E-state index in [-0.39, 0.29) is 0 Å². The molecule has 0 aromatic rings. The van der Waals surface area contributed by atoms with Gasteiger partial charge in [0.05, 0.1) is 10.7 Å². The number of hydrogen-bond donors (Lipinski definition) is 2. The van der Waals surface area contributed by atoms with Gasteiger partial charge in [-0.25, -0.2) is 9.59 Å². The van der Waals surface area contributed by atoms with Crippen molar-refractivity contribution < 1.29 is 19.8 Å². The summed E-state index contributed by atoms with van der Waals surface area (Å²) in [5.74, 6) is -2.28. The SMILES string of the molecule is O=C(O)C=S=CC(=O)O. The third kappa shape index (κ3) is 6.90. The quantitative estimate of drug-likeness (QED) is 0.517. The Morgan fingerprint density at radius 2 is 1.44 bits per heavy atom. The average Bonchev–Trinajstić information content (AvgIpc) is 1.63. The molecule has 0 aromatic heterocycles. The van der Waals surface area contributed by atoms with Gasteiger partial charge in [0.1, 0.15) is 0 Å². The Balaban J connectivity index is 3.97.